The summed E-state index contributed by atoms with van der Waals surface area (Å²) < 4.78 is 0.305. The zero-order valence-electron chi connectivity index (χ0n) is 12.6. The van der Waals surface area contributed by atoms with Gasteiger partial charge in [0.05, 0.1) is 0 Å². The largest absolute Gasteiger partial charge is 0.356 e. The van der Waals surface area contributed by atoms with E-state index in [0.29, 0.717) is 4.75 Å². The number of nitrogens with zero attached hydrogens (tertiary/aromatic N) is 3. The molecule has 5 heteroatoms. The Kier molecular flexibility index (Phi) is 5.29. The van der Waals surface area contributed by atoms with Crippen LogP contribution >= 0.6 is 11.8 Å². The first-order valence-electron chi connectivity index (χ1n) is 7.09. The number of aliphatic imine (C=N–C) groups is 1. The van der Waals surface area contributed by atoms with Crippen LogP contribution in [0, 0.1) is 0 Å². The van der Waals surface area contributed by atoms with Gasteiger partial charge in [0, 0.05) is 49.6 Å². The summed E-state index contributed by atoms with van der Waals surface area (Å²) in [6.07, 6.45) is 4.70. The Labute approximate surface area is 126 Å². The van der Waals surface area contributed by atoms with E-state index in [1.165, 1.54) is 5.56 Å². The molecule has 1 fully saturated rings. The van der Waals surface area contributed by atoms with Crippen LogP contribution in [0.15, 0.2) is 29.5 Å². The van der Waals surface area contributed by atoms with Gasteiger partial charge in [-0.1, -0.05) is 6.07 Å². The Morgan fingerprint density at radius 3 is 3.05 bits per heavy atom. The highest BCUT2D eigenvalue weighted by molar-refractivity contribution is 8.00. The highest BCUT2D eigenvalue weighted by Gasteiger charge is 2.28. The van der Waals surface area contributed by atoms with Crippen molar-refractivity contribution < 1.29 is 0 Å². The number of thioether (sulfide) groups is 1. The van der Waals surface area contributed by atoms with Crippen LogP contribution in [0.2, 0.25) is 0 Å². The summed E-state index contributed by atoms with van der Waals surface area (Å²) >= 11 is 2.04. The van der Waals surface area contributed by atoms with E-state index in [1.807, 2.05) is 37.3 Å². The van der Waals surface area contributed by atoms with Crippen molar-refractivity contribution in [3.8, 4) is 0 Å². The average Bonchev–Trinajstić information content (AvgIpc) is 2.43. The van der Waals surface area contributed by atoms with Crippen LogP contribution < -0.4 is 5.32 Å². The number of nitrogens with one attached hydrogen (secondary N) is 1. The Bertz CT molecular complexity index is 444. The van der Waals surface area contributed by atoms with Crippen molar-refractivity contribution in [3.63, 3.8) is 0 Å². The maximum atomic E-state index is 4.42. The van der Waals surface area contributed by atoms with Gasteiger partial charge < -0.3 is 10.2 Å². The Morgan fingerprint density at radius 2 is 2.40 bits per heavy atom. The molecule has 0 aliphatic carbocycles. The van der Waals surface area contributed by atoms with Crippen molar-refractivity contribution in [1.82, 2.24) is 15.2 Å². The average molecular weight is 292 g/mol. The second kappa shape index (κ2) is 6.97. The summed E-state index contributed by atoms with van der Waals surface area (Å²) in [5.74, 6) is 2.18. The number of hydrogen-bond acceptors (Lipinski definition) is 3. The fraction of sp³-hybridized carbons (Fsp3) is 0.600. The van der Waals surface area contributed by atoms with Crippen LogP contribution in [0.4, 0.5) is 0 Å². The molecular weight excluding hydrogens is 268 g/mol. The molecule has 0 saturated carbocycles. The van der Waals surface area contributed by atoms with Crippen molar-refractivity contribution in [2.45, 2.75) is 25.0 Å². The third-order valence-electron chi connectivity index (χ3n) is 3.36. The molecule has 1 saturated heterocycles. The molecule has 110 valence electrons. The molecule has 0 aromatic carbocycles. The first-order chi connectivity index (χ1) is 9.61. The van der Waals surface area contributed by atoms with E-state index in [2.05, 4.69) is 40.1 Å². The molecule has 0 atom stereocenters. The zero-order valence-corrected chi connectivity index (χ0v) is 13.4. The minimum atomic E-state index is 0.305. The molecule has 2 rings (SSSR count). The van der Waals surface area contributed by atoms with E-state index in [4.69, 9.17) is 0 Å². The van der Waals surface area contributed by atoms with Gasteiger partial charge >= 0.3 is 0 Å². The molecule has 0 amide bonds. The highest BCUT2D eigenvalue weighted by Crippen LogP contribution is 2.29. The molecule has 20 heavy (non-hydrogen) atoms. The lowest BCUT2D eigenvalue weighted by Crippen LogP contribution is -2.51. The Balaban J connectivity index is 1.84. The normalized spacial score (nSPS) is 18.9. The minimum Gasteiger partial charge on any atom is -0.356 e. The molecule has 0 radical (unpaired) electrons. The minimum absolute atomic E-state index is 0.305. The second-order valence-corrected chi connectivity index (χ2v) is 7.42. The van der Waals surface area contributed by atoms with Gasteiger partial charge in [0.25, 0.3) is 0 Å². The van der Waals surface area contributed by atoms with Gasteiger partial charge in [0.15, 0.2) is 5.96 Å². The van der Waals surface area contributed by atoms with E-state index in [9.17, 15) is 0 Å². The van der Waals surface area contributed by atoms with Gasteiger partial charge in [-0.05, 0) is 31.9 Å². The van der Waals surface area contributed by atoms with Gasteiger partial charge in [0.1, 0.15) is 0 Å². The number of guanidine groups is 1. The SMILES string of the molecule is CN=C(NCCc1cccnc1)N1CCSC(C)(C)C1. The van der Waals surface area contributed by atoms with Gasteiger partial charge in [-0.15, -0.1) is 0 Å². The van der Waals surface area contributed by atoms with E-state index >= 15 is 0 Å². The summed E-state index contributed by atoms with van der Waals surface area (Å²) in [7, 11) is 1.86. The number of pyridine rings is 1. The first-order valence-corrected chi connectivity index (χ1v) is 8.08. The molecule has 0 spiro atoms. The van der Waals surface area contributed by atoms with Crippen LogP contribution in [0.1, 0.15) is 19.4 Å². The molecule has 0 bridgehead atoms. The summed E-state index contributed by atoms with van der Waals surface area (Å²) in [6.45, 7) is 7.60. The van der Waals surface area contributed by atoms with Crippen LogP contribution in [0.5, 0.6) is 0 Å². The molecule has 0 unspecified atom stereocenters. The molecule has 1 N–H and O–H groups in total. The quantitative estimate of drug-likeness (QED) is 0.683. The predicted molar refractivity (Wildman–Crippen MR) is 87.4 cm³/mol. The molecule has 2 heterocycles. The number of aromatic nitrogens is 1. The molecular formula is C15H24N4S. The molecule has 1 aliphatic heterocycles. The summed E-state index contributed by atoms with van der Waals surface area (Å²) in [5.41, 5.74) is 1.25. The fourth-order valence-corrected chi connectivity index (χ4v) is 3.51. The van der Waals surface area contributed by atoms with E-state index < -0.39 is 0 Å². The molecule has 1 aromatic heterocycles. The van der Waals surface area contributed by atoms with E-state index in [1.54, 1.807) is 0 Å². The van der Waals surface area contributed by atoms with Crippen LogP contribution in [0.25, 0.3) is 0 Å². The van der Waals surface area contributed by atoms with Crippen LogP contribution in [-0.2, 0) is 6.42 Å². The predicted octanol–water partition coefficient (Wildman–Crippen LogP) is 2.03. The van der Waals surface area contributed by atoms with Crippen molar-refractivity contribution >= 4 is 17.7 Å². The van der Waals surface area contributed by atoms with Crippen LogP contribution in [0.3, 0.4) is 0 Å². The number of rotatable bonds is 3. The third kappa shape index (κ3) is 4.40. The summed E-state index contributed by atoms with van der Waals surface area (Å²) in [4.78, 5) is 10.9. The lowest BCUT2D eigenvalue weighted by atomic mass is 10.2. The Hall–Kier alpha value is -1.23. The van der Waals surface area contributed by atoms with Crippen molar-refractivity contribution in [1.29, 1.82) is 0 Å². The van der Waals surface area contributed by atoms with E-state index in [0.717, 1.165) is 37.8 Å². The fourth-order valence-electron chi connectivity index (χ4n) is 2.39. The second-order valence-electron chi connectivity index (χ2n) is 5.61. The van der Waals surface area contributed by atoms with Crippen LogP contribution in [-0.4, -0.2) is 53.0 Å². The van der Waals surface area contributed by atoms with Crippen molar-refractivity contribution in [2.24, 2.45) is 4.99 Å². The maximum Gasteiger partial charge on any atom is 0.193 e. The van der Waals surface area contributed by atoms with Crippen molar-refractivity contribution in [3.05, 3.63) is 30.1 Å². The van der Waals surface area contributed by atoms with Gasteiger partial charge in [-0.2, -0.15) is 11.8 Å². The molecule has 1 aromatic rings. The van der Waals surface area contributed by atoms with Crippen molar-refractivity contribution in [2.75, 3.05) is 32.4 Å². The lowest BCUT2D eigenvalue weighted by molar-refractivity contribution is 0.376. The maximum absolute atomic E-state index is 4.42. The van der Waals surface area contributed by atoms with E-state index in [-0.39, 0.29) is 0 Å². The standard InChI is InChI=1S/C15H24N4S/c1-15(2)12-19(9-10-20-15)14(16-3)18-8-6-13-5-4-7-17-11-13/h4-5,7,11H,6,8-10,12H2,1-3H3,(H,16,18). The summed E-state index contributed by atoms with van der Waals surface area (Å²) in [6, 6.07) is 4.09. The lowest BCUT2D eigenvalue weighted by Gasteiger charge is -2.39. The van der Waals surface area contributed by atoms with Gasteiger partial charge in [0.2, 0.25) is 0 Å². The Morgan fingerprint density at radius 1 is 1.55 bits per heavy atom. The third-order valence-corrected chi connectivity index (χ3v) is 4.65. The molecule has 1 aliphatic rings. The van der Waals surface area contributed by atoms with Gasteiger partial charge in [-0.3, -0.25) is 9.98 Å². The smallest absolute Gasteiger partial charge is 0.193 e. The summed E-state index contributed by atoms with van der Waals surface area (Å²) in [5, 5.41) is 3.46. The topological polar surface area (TPSA) is 40.5 Å². The molecule has 4 nitrogen and oxygen atoms in total. The highest BCUT2D eigenvalue weighted by atomic mass is 32.2. The monoisotopic (exact) mass is 292 g/mol. The first kappa shape index (κ1) is 15.2. The zero-order chi connectivity index (χ0) is 14.4. The number of hydrogen-bond donors (Lipinski definition) is 1. The van der Waals surface area contributed by atoms with Gasteiger partial charge in [-0.25, -0.2) is 0 Å².